The first-order chi connectivity index (χ1) is 15.0. The fourth-order valence-electron chi connectivity index (χ4n) is 4.97. The molecule has 32 heavy (non-hydrogen) atoms. The molecule has 2 unspecified atom stereocenters. The summed E-state index contributed by atoms with van der Waals surface area (Å²) in [4.78, 5) is 38.7. The molecule has 8 nitrogen and oxygen atoms in total. The highest BCUT2D eigenvalue weighted by Gasteiger charge is 2.30. The minimum absolute atomic E-state index is 0. The fraction of sp³-hybridized carbons (Fsp3) is 0.870. The van der Waals surface area contributed by atoms with E-state index < -0.39 is 0 Å². The molecular formula is C23H43IN6O2. The van der Waals surface area contributed by atoms with Gasteiger partial charge in [-0.3, -0.25) is 19.5 Å². The number of hydrogen-bond donors (Lipinski definition) is 1. The topological polar surface area (TPSA) is 71.5 Å². The molecule has 3 heterocycles. The third-order valence-electron chi connectivity index (χ3n) is 6.98. The Morgan fingerprint density at radius 1 is 0.969 bits per heavy atom. The molecule has 184 valence electrons. The predicted molar refractivity (Wildman–Crippen MR) is 139 cm³/mol. The monoisotopic (exact) mass is 562 g/mol. The number of carbonyl (C=O) groups excluding carboxylic acids is 2. The quantitative estimate of drug-likeness (QED) is 0.305. The van der Waals surface area contributed by atoms with Crippen LogP contribution in [0, 0.1) is 0 Å². The van der Waals surface area contributed by atoms with Crippen molar-refractivity contribution in [2.75, 3.05) is 58.9 Å². The third-order valence-corrected chi connectivity index (χ3v) is 6.98. The van der Waals surface area contributed by atoms with Crippen molar-refractivity contribution in [2.45, 2.75) is 71.4 Å². The Morgan fingerprint density at radius 2 is 1.62 bits per heavy atom. The number of hydrogen-bond acceptors (Lipinski definition) is 4. The van der Waals surface area contributed by atoms with Crippen LogP contribution in [0.4, 0.5) is 0 Å². The maximum absolute atomic E-state index is 12.7. The molecule has 0 radical (unpaired) electrons. The van der Waals surface area contributed by atoms with E-state index in [0.29, 0.717) is 19.0 Å². The maximum atomic E-state index is 12.7. The molecule has 0 aromatic rings. The van der Waals surface area contributed by atoms with Crippen LogP contribution in [0.2, 0.25) is 0 Å². The second-order valence-electron chi connectivity index (χ2n) is 9.15. The maximum Gasteiger partial charge on any atom is 0.239 e. The molecule has 3 fully saturated rings. The molecule has 2 atom stereocenters. The summed E-state index contributed by atoms with van der Waals surface area (Å²) in [7, 11) is 0. The van der Waals surface area contributed by atoms with Crippen LogP contribution in [-0.2, 0) is 9.59 Å². The highest BCUT2D eigenvalue weighted by Crippen LogP contribution is 2.17. The summed E-state index contributed by atoms with van der Waals surface area (Å²) in [5.41, 5.74) is 0. The van der Waals surface area contributed by atoms with Gasteiger partial charge in [0, 0.05) is 64.8 Å². The number of halogens is 1. The molecule has 0 spiro atoms. The number of likely N-dealkylation sites (tertiary alicyclic amines) is 2. The second kappa shape index (κ2) is 13.6. The highest BCUT2D eigenvalue weighted by molar-refractivity contribution is 14.0. The summed E-state index contributed by atoms with van der Waals surface area (Å²) in [5, 5.41) is 3.38. The lowest BCUT2D eigenvalue weighted by molar-refractivity contribution is -0.136. The molecular weight excluding hydrogens is 519 g/mol. The van der Waals surface area contributed by atoms with Crippen molar-refractivity contribution in [1.29, 1.82) is 0 Å². The molecule has 1 N–H and O–H groups in total. The van der Waals surface area contributed by atoms with E-state index in [4.69, 9.17) is 4.99 Å². The molecule has 3 saturated heterocycles. The lowest BCUT2D eigenvalue weighted by atomic mass is 10.0. The predicted octanol–water partition coefficient (Wildman–Crippen LogP) is 1.99. The van der Waals surface area contributed by atoms with Gasteiger partial charge in [-0.1, -0.05) is 0 Å². The normalized spacial score (nSPS) is 23.7. The largest absolute Gasteiger partial charge is 0.357 e. The van der Waals surface area contributed by atoms with Crippen molar-refractivity contribution in [3.8, 4) is 0 Å². The Kier molecular flexibility index (Phi) is 11.5. The van der Waals surface area contributed by atoms with E-state index in [0.717, 1.165) is 84.0 Å². The van der Waals surface area contributed by atoms with Gasteiger partial charge < -0.3 is 20.0 Å². The van der Waals surface area contributed by atoms with Crippen LogP contribution in [0.5, 0.6) is 0 Å². The summed E-state index contributed by atoms with van der Waals surface area (Å²) in [6.07, 6.45) is 6.19. The first kappa shape index (κ1) is 27.1. The summed E-state index contributed by atoms with van der Waals surface area (Å²) in [5.74, 6) is 1.39. The number of rotatable bonds is 6. The van der Waals surface area contributed by atoms with Gasteiger partial charge in [0.15, 0.2) is 5.96 Å². The first-order valence-corrected chi connectivity index (χ1v) is 12.4. The first-order valence-electron chi connectivity index (χ1n) is 12.4. The van der Waals surface area contributed by atoms with Crippen LogP contribution in [0.1, 0.15) is 59.3 Å². The molecule has 3 aliphatic heterocycles. The average Bonchev–Trinajstić information content (AvgIpc) is 3.33. The van der Waals surface area contributed by atoms with E-state index in [-0.39, 0.29) is 41.8 Å². The van der Waals surface area contributed by atoms with Crippen molar-refractivity contribution < 1.29 is 9.59 Å². The van der Waals surface area contributed by atoms with Crippen molar-refractivity contribution in [1.82, 2.24) is 24.9 Å². The zero-order chi connectivity index (χ0) is 22.2. The molecule has 2 amide bonds. The van der Waals surface area contributed by atoms with E-state index >= 15 is 0 Å². The Bertz CT molecular complexity index is 632. The van der Waals surface area contributed by atoms with Crippen molar-refractivity contribution in [3.05, 3.63) is 0 Å². The number of nitrogens with one attached hydrogen (secondary N) is 1. The molecule has 3 rings (SSSR count). The van der Waals surface area contributed by atoms with Gasteiger partial charge in [0.1, 0.15) is 0 Å². The van der Waals surface area contributed by atoms with Crippen LogP contribution in [0.25, 0.3) is 0 Å². The highest BCUT2D eigenvalue weighted by atomic mass is 127. The molecule has 0 aromatic heterocycles. The molecule has 0 aliphatic carbocycles. The van der Waals surface area contributed by atoms with Crippen LogP contribution in [-0.4, -0.2) is 108 Å². The van der Waals surface area contributed by atoms with Crippen LogP contribution >= 0.6 is 24.0 Å². The van der Waals surface area contributed by atoms with Gasteiger partial charge in [-0.2, -0.15) is 0 Å². The van der Waals surface area contributed by atoms with Gasteiger partial charge in [-0.15, -0.1) is 24.0 Å². The van der Waals surface area contributed by atoms with Crippen LogP contribution in [0.3, 0.4) is 0 Å². The second-order valence-corrected chi connectivity index (χ2v) is 9.15. The van der Waals surface area contributed by atoms with Crippen LogP contribution < -0.4 is 5.32 Å². The number of nitrogens with zero attached hydrogens (tertiary/aromatic N) is 5. The fourth-order valence-corrected chi connectivity index (χ4v) is 4.97. The van der Waals surface area contributed by atoms with E-state index in [1.54, 1.807) is 0 Å². The number of piperazine rings is 1. The number of piperidine rings is 1. The van der Waals surface area contributed by atoms with Gasteiger partial charge in [-0.25, -0.2) is 0 Å². The Hall–Kier alpha value is -1.10. The Balaban J connectivity index is 0.00000363. The molecule has 0 aromatic carbocycles. The van der Waals surface area contributed by atoms with Gasteiger partial charge in [-0.05, 0) is 52.9 Å². The zero-order valence-electron chi connectivity index (χ0n) is 20.2. The zero-order valence-corrected chi connectivity index (χ0v) is 22.6. The number of carbonyl (C=O) groups is 2. The smallest absolute Gasteiger partial charge is 0.239 e. The minimum Gasteiger partial charge on any atom is -0.357 e. The standard InChI is InChI=1S/C23H42N6O2.HI/c1-4-24-23(25-11-10-21(30)29-14-6-5-9-19(29)2)28-17-15-26(16-18-28)20(3)22(31)27-12-7-8-13-27;/h19-20H,4-18H2,1-3H3,(H,24,25);1H. The van der Waals surface area contributed by atoms with Crippen LogP contribution in [0.15, 0.2) is 4.99 Å². The lowest BCUT2D eigenvalue weighted by Gasteiger charge is -2.39. The SMILES string of the molecule is CCNC(=NCCC(=O)N1CCCCC1C)N1CCN(C(C)C(=O)N2CCCC2)CC1.I. The average molecular weight is 563 g/mol. The number of aliphatic imine (C=N–C) groups is 1. The van der Waals surface area contributed by atoms with Crippen molar-refractivity contribution in [2.24, 2.45) is 4.99 Å². The van der Waals surface area contributed by atoms with Gasteiger partial charge in [0.05, 0.1) is 12.6 Å². The Labute approximate surface area is 211 Å². The van der Waals surface area contributed by atoms with E-state index in [9.17, 15) is 9.59 Å². The number of guanidine groups is 1. The Morgan fingerprint density at radius 3 is 2.25 bits per heavy atom. The summed E-state index contributed by atoms with van der Waals surface area (Å²) in [6.45, 7) is 13.7. The third kappa shape index (κ3) is 7.20. The van der Waals surface area contributed by atoms with E-state index in [1.807, 2.05) is 16.7 Å². The number of amides is 2. The minimum atomic E-state index is -0.0519. The van der Waals surface area contributed by atoms with E-state index in [1.165, 1.54) is 6.42 Å². The van der Waals surface area contributed by atoms with Crippen molar-refractivity contribution in [3.63, 3.8) is 0 Å². The molecule has 0 bridgehead atoms. The van der Waals surface area contributed by atoms with Crippen molar-refractivity contribution >= 4 is 41.8 Å². The summed E-state index contributed by atoms with van der Waals surface area (Å²) >= 11 is 0. The summed E-state index contributed by atoms with van der Waals surface area (Å²) in [6, 6.07) is 0.306. The van der Waals surface area contributed by atoms with Gasteiger partial charge in [0.25, 0.3) is 0 Å². The molecule has 3 aliphatic rings. The van der Waals surface area contributed by atoms with Gasteiger partial charge in [0.2, 0.25) is 11.8 Å². The molecule has 0 saturated carbocycles. The van der Waals surface area contributed by atoms with Gasteiger partial charge >= 0.3 is 0 Å². The lowest BCUT2D eigenvalue weighted by Crippen LogP contribution is -2.57. The van der Waals surface area contributed by atoms with E-state index in [2.05, 4.69) is 29.0 Å². The summed E-state index contributed by atoms with van der Waals surface area (Å²) < 4.78 is 0. The molecule has 9 heteroatoms.